The third kappa shape index (κ3) is 1.98. The molecule has 4 heteroatoms. The van der Waals surface area contributed by atoms with E-state index in [0.717, 1.165) is 5.75 Å². The van der Waals surface area contributed by atoms with Crippen molar-refractivity contribution in [2.45, 2.75) is 0 Å². The highest BCUT2D eigenvalue weighted by Gasteiger charge is 1.95. The van der Waals surface area contributed by atoms with Gasteiger partial charge in [0.25, 0.3) is 0 Å². The van der Waals surface area contributed by atoms with Gasteiger partial charge in [0.1, 0.15) is 11.5 Å². The van der Waals surface area contributed by atoms with Gasteiger partial charge in [0, 0.05) is 11.8 Å². The molecule has 0 atom stereocenters. The van der Waals surface area contributed by atoms with Crippen LogP contribution in [0.3, 0.4) is 0 Å². The molecule has 0 saturated heterocycles. The summed E-state index contributed by atoms with van der Waals surface area (Å²) in [7, 11) is 0. The fourth-order valence-corrected chi connectivity index (χ4v) is 1.01. The van der Waals surface area contributed by atoms with Crippen LogP contribution in [0.25, 0.3) is 0 Å². The van der Waals surface area contributed by atoms with Gasteiger partial charge in [-0.25, -0.2) is 0 Å². The SMILES string of the molecule is Nc1ccc(Oc2ccnnc2)cc1. The summed E-state index contributed by atoms with van der Waals surface area (Å²) in [4.78, 5) is 0. The van der Waals surface area contributed by atoms with Crippen molar-refractivity contribution in [3.8, 4) is 11.5 Å². The van der Waals surface area contributed by atoms with Gasteiger partial charge in [0.05, 0.1) is 12.4 Å². The van der Waals surface area contributed by atoms with Crippen LogP contribution in [0.2, 0.25) is 0 Å². The fraction of sp³-hybridized carbons (Fsp3) is 0. The molecule has 0 aliphatic carbocycles. The zero-order chi connectivity index (χ0) is 9.80. The summed E-state index contributed by atoms with van der Waals surface area (Å²) in [6, 6.07) is 8.91. The largest absolute Gasteiger partial charge is 0.456 e. The normalized spacial score (nSPS) is 9.71. The molecule has 2 N–H and O–H groups in total. The van der Waals surface area contributed by atoms with Crippen LogP contribution < -0.4 is 10.5 Å². The predicted molar refractivity (Wildman–Crippen MR) is 53.0 cm³/mol. The number of anilines is 1. The highest BCUT2D eigenvalue weighted by atomic mass is 16.5. The number of nitrogens with two attached hydrogens (primary N) is 1. The van der Waals surface area contributed by atoms with Crippen molar-refractivity contribution in [2.75, 3.05) is 5.73 Å². The molecule has 1 aromatic heterocycles. The van der Waals surface area contributed by atoms with E-state index in [2.05, 4.69) is 10.2 Å². The van der Waals surface area contributed by atoms with Gasteiger partial charge in [-0.15, -0.1) is 0 Å². The fourth-order valence-electron chi connectivity index (χ4n) is 1.01. The van der Waals surface area contributed by atoms with E-state index in [9.17, 15) is 0 Å². The first-order valence-corrected chi connectivity index (χ1v) is 4.15. The maximum absolute atomic E-state index is 5.54. The number of benzene rings is 1. The third-order valence-corrected chi connectivity index (χ3v) is 1.67. The number of nitrogen functional groups attached to an aromatic ring is 1. The van der Waals surface area contributed by atoms with E-state index < -0.39 is 0 Å². The topological polar surface area (TPSA) is 61.0 Å². The molecule has 1 aromatic carbocycles. The zero-order valence-electron chi connectivity index (χ0n) is 7.42. The number of hydrogen-bond acceptors (Lipinski definition) is 4. The van der Waals surface area contributed by atoms with Crippen LogP contribution in [-0.4, -0.2) is 10.2 Å². The lowest BCUT2D eigenvalue weighted by atomic mass is 10.3. The average molecular weight is 187 g/mol. The van der Waals surface area contributed by atoms with Gasteiger partial charge < -0.3 is 10.5 Å². The van der Waals surface area contributed by atoms with E-state index in [-0.39, 0.29) is 0 Å². The van der Waals surface area contributed by atoms with Crippen LogP contribution in [-0.2, 0) is 0 Å². The summed E-state index contributed by atoms with van der Waals surface area (Å²) in [5.74, 6) is 1.39. The van der Waals surface area contributed by atoms with Gasteiger partial charge in [0.2, 0.25) is 0 Å². The molecule has 0 fully saturated rings. The van der Waals surface area contributed by atoms with Gasteiger partial charge in [-0.05, 0) is 24.3 Å². The Bertz CT molecular complexity index is 399. The number of rotatable bonds is 2. The second-order valence-corrected chi connectivity index (χ2v) is 2.75. The summed E-state index contributed by atoms with van der Waals surface area (Å²) in [6.07, 6.45) is 3.13. The van der Waals surface area contributed by atoms with Gasteiger partial charge in [-0.3, -0.25) is 0 Å². The van der Waals surface area contributed by atoms with Crippen molar-refractivity contribution >= 4 is 5.69 Å². The molecule has 70 valence electrons. The molecule has 0 amide bonds. The lowest BCUT2D eigenvalue weighted by Gasteiger charge is -2.03. The highest BCUT2D eigenvalue weighted by Crippen LogP contribution is 2.20. The quantitative estimate of drug-likeness (QED) is 0.729. The molecule has 0 unspecified atom stereocenters. The van der Waals surface area contributed by atoms with Crippen LogP contribution in [0.5, 0.6) is 11.5 Å². The van der Waals surface area contributed by atoms with Crippen LogP contribution in [0.1, 0.15) is 0 Å². The number of aromatic nitrogens is 2. The van der Waals surface area contributed by atoms with Gasteiger partial charge in [-0.1, -0.05) is 0 Å². The minimum Gasteiger partial charge on any atom is -0.456 e. The Morgan fingerprint density at radius 2 is 1.71 bits per heavy atom. The van der Waals surface area contributed by atoms with Crippen LogP contribution in [0.15, 0.2) is 42.7 Å². The molecular weight excluding hydrogens is 178 g/mol. The smallest absolute Gasteiger partial charge is 0.149 e. The molecule has 1 heterocycles. The molecule has 2 aromatic rings. The molecule has 14 heavy (non-hydrogen) atoms. The molecule has 0 spiro atoms. The minimum absolute atomic E-state index is 0.657. The lowest BCUT2D eigenvalue weighted by Crippen LogP contribution is -1.87. The van der Waals surface area contributed by atoms with Crippen molar-refractivity contribution < 1.29 is 4.74 Å². The molecule has 0 aliphatic heterocycles. The molecule has 0 bridgehead atoms. The Hall–Kier alpha value is -2.10. The van der Waals surface area contributed by atoms with Crippen LogP contribution >= 0.6 is 0 Å². The lowest BCUT2D eigenvalue weighted by molar-refractivity contribution is 0.478. The molecule has 2 rings (SSSR count). The maximum Gasteiger partial charge on any atom is 0.149 e. The Labute approximate surface area is 81.3 Å². The monoisotopic (exact) mass is 187 g/mol. The van der Waals surface area contributed by atoms with Crippen molar-refractivity contribution in [3.63, 3.8) is 0 Å². The molecule has 0 radical (unpaired) electrons. The predicted octanol–water partition coefficient (Wildman–Crippen LogP) is 1.85. The molecule has 0 aliphatic rings. The zero-order valence-corrected chi connectivity index (χ0v) is 7.42. The summed E-state index contributed by atoms with van der Waals surface area (Å²) in [5.41, 5.74) is 6.26. The highest BCUT2D eigenvalue weighted by molar-refractivity contribution is 5.42. The number of nitrogens with zero attached hydrogens (tertiary/aromatic N) is 2. The van der Waals surface area contributed by atoms with E-state index in [1.807, 2.05) is 0 Å². The summed E-state index contributed by atoms with van der Waals surface area (Å²) in [6.45, 7) is 0. The van der Waals surface area contributed by atoms with E-state index in [0.29, 0.717) is 11.4 Å². The summed E-state index contributed by atoms with van der Waals surface area (Å²) < 4.78 is 5.48. The van der Waals surface area contributed by atoms with E-state index in [4.69, 9.17) is 10.5 Å². The van der Waals surface area contributed by atoms with Crippen LogP contribution in [0.4, 0.5) is 5.69 Å². The Kier molecular flexibility index (Phi) is 2.27. The maximum atomic E-state index is 5.54. The Morgan fingerprint density at radius 1 is 0.929 bits per heavy atom. The first-order chi connectivity index (χ1) is 6.84. The second-order valence-electron chi connectivity index (χ2n) is 2.75. The third-order valence-electron chi connectivity index (χ3n) is 1.67. The Morgan fingerprint density at radius 3 is 2.36 bits per heavy atom. The van der Waals surface area contributed by atoms with Gasteiger partial charge in [-0.2, -0.15) is 10.2 Å². The summed E-state index contributed by atoms with van der Waals surface area (Å²) in [5, 5.41) is 7.35. The molecule has 4 nitrogen and oxygen atoms in total. The number of hydrogen-bond donors (Lipinski definition) is 1. The van der Waals surface area contributed by atoms with Crippen molar-refractivity contribution in [2.24, 2.45) is 0 Å². The minimum atomic E-state index is 0.657. The summed E-state index contributed by atoms with van der Waals surface area (Å²) >= 11 is 0. The first-order valence-electron chi connectivity index (χ1n) is 4.15. The van der Waals surface area contributed by atoms with E-state index in [1.165, 1.54) is 0 Å². The van der Waals surface area contributed by atoms with E-state index in [1.54, 1.807) is 42.7 Å². The first kappa shape index (κ1) is 8.50. The molecular formula is C10H9N3O. The van der Waals surface area contributed by atoms with Gasteiger partial charge >= 0.3 is 0 Å². The Balaban J connectivity index is 2.16. The molecule has 0 saturated carbocycles. The van der Waals surface area contributed by atoms with Gasteiger partial charge in [0.15, 0.2) is 0 Å². The standard InChI is InChI=1S/C10H9N3O/c11-8-1-3-9(4-2-8)14-10-5-6-12-13-7-10/h1-7H,11H2. The van der Waals surface area contributed by atoms with Crippen molar-refractivity contribution in [1.29, 1.82) is 0 Å². The van der Waals surface area contributed by atoms with E-state index >= 15 is 0 Å². The van der Waals surface area contributed by atoms with Crippen molar-refractivity contribution in [1.82, 2.24) is 10.2 Å². The number of ether oxygens (including phenoxy) is 1. The average Bonchev–Trinajstić information content (AvgIpc) is 2.23. The van der Waals surface area contributed by atoms with Crippen molar-refractivity contribution in [3.05, 3.63) is 42.7 Å². The second kappa shape index (κ2) is 3.74. The van der Waals surface area contributed by atoms with Crippen LogP contribution in [0, 0.1) is 0 Å².